The first-order chi connectivity index (χ1) is 14.1. The van der Waals surface area contributed by atoms with Crippen molar-refractivity contribution >= 4 is 21.8 Å². The van der Waals surface area contributed by atoms with Gasteiger partial charge in [-0.05, 0) is 42.2 Å². The highest BCUT2D eigenvalue weighted by atomic mass is 79.9. The van der Waals surface area contributed by atoms with Gasteiger partial charge in [-0.2, -0.15) is 5.26 Å². The first-order valence-electron chi connectivity index (χ1n) is 10.9. The van der Waals surface area contributed by atoms with Gasteiger partial charge in [0.1, 0.15) is 11.4 Å². The maximum atomic E-state index is 12.4. The predicted octanol–water partition coefficient (Wildman–Crippen LogP) is 4.08. The van der Waals surface area contributed by atoms with Crippen molar-refractivity contribution in [1.82, 2.24) is 5.32 Å². The molecule has 6 heteroatoms. The molecule has 2 heterocycles. The van der Waals surface area contributed by atoms with E-state index in [0.717, 1.165) is 42.6 Å². The number of carbonyl (C=O) groups excluding carboxylic acids is 1. The molecule has 0 bridgehead atoms. The summed E-state index contributed by atoms with van der Waals surface area (Å²) in [4.78, 5) is 12.4. The van der Waals surface area contributed by atoms with Crippen LogP contribution >= 0.6 is 15.9 Å². The maximum Gasteiger partial charge on any atom is 0.253 e. The summed E-state index contributed by atoms with van der Waals surface area (Å²) in [5.74, 6) is 1.27. The van der Waals surface area contributed by atoms with Gasteiger partial charge in [0.15, 0.2) is 0 Å². The van der Waals surface area contributed by atoms with Crippen LogP contribution in [-0.4, -0.2) is 27.5 Å². The summed E-state index contributed by atoms with van der Waals surface area (Å²) in [6.07, 6.45) is 3.23. The van der Waals surface area contributed by atoms with E-state index in [1.807, 2.05) is 6.07 Å². The zero-order valence-electron chi connectivity index (χ0n) is 18.0. The Hall–Kier alpha value is -1.58. The lowest BCUT2D eigenvalue weighted by atomic mass is 9.43. The number of hydrogen-bond donors (Lipinski definition) is 2. The Kier molecular flexibility index (Phi) is 4.22. The van der Waals surface area contributed by atoms with Gasteiger partial charge in [0.05, 0.1) is 23.3 Å². The van der Waals surface area contributed by atoms with Gasteiger partial charge in [0.2, 0.25) is 0 Å². The summed E-state index contributed by atoms with van der Waals surface area (Å²) in [6.45, 7) is 9.39. The molecule has 30 heavy (non-hydrogen) atoms. The number of nitriles is 1. The molecule has 1 aromatic carbocycles. The van der Waals surface area contributed by atoms with Crippen molar-refractivity contribution in [2.45, 2.75) is 76.5 Å². The van der Waals surface area contributed by atoms with E-state index in [9.17, 15) is 15.2 Å². The number of ether oxygens (including phenoxy) is 1. The number of fused-ring (bicyclic) bond motifs is 3. The van der Waals surface area contributed by atoms with E-state index in [2.05, 4.69) is 55.0 Å². The number of aliphatic hydroxyl groups excluding tert-OH is 1. The van der Waals surface area contributed by atoms with Crippen LogP contribution in [0.2, 0.25) is 0 Å². The number of nitrogens with one attached hydrogen (secondary N) is 1. The molecule has 1 amide bonds. The number of rotatable bonds is 0. The van der Waals surface area contributed by atoms with Gasteiger partial charge in [-0.3, -0.25) is 4.79 Å². The molecule has 2 saturated carbocycles. The van der Waals surface area contributed by atoms with Crippen LogP contribution < -0.4 is 10.1 Å². The summed E-state index contributed by atoms with van der Waals surface area (Å²) in [6, 6.07) is 4.10. The molecule has 2 N–H and O–H groups in total. The quantitative estimate of drug-likeness (QED) is 0.557. The van der Waals surface area contributed by atoms with Gasteiger partial charge in [-0.15, -0.1) is 0 Å². The van der Waals surface area contributed by atoms with Crippen molar-refractivity contribution < 1.29 is 14.6 Å². The Morgan fingerprint density at radius 2 is 2.07 bits per heavy atom. The first kappa shape index (κ1) is 20.3. The summed E-state index contributed by atoms with van der Waals surface area (Å²) < 4.78 is 7.10. The third-order valence-electron chi connectivity index (χ3n) is 9.08. The van der Waals surface area contributed by atoms with Crippen molar-refractivity contribution in [3.8, 4) is 11.8 Å². The van der Waals surface area contributed by atoms with Crippen molar-refractivity contribution in [2.75, 3.05) is 0 Å². The van der Waals surface area contributed by atoms with E-state index >= 15 is 0 Å². The molecule has 1 spiro atoms. The highest BCUT2D eigenvalue weighted by Crippen LogP contribution is 2.66. The number of carbonyl (C=O) groups is 1. The highest BCUT2D eigenvalue weighted by Gasteiger charge is 2.69. The van der Waals surface area contributed by atoms with E-state index in [-0.39, 0.29) is 27.5 Å². The van der Waals surface area contributed by atoms with Crippen LogP contribution in [0.4, 0.5) is 0 Å². The smallest absolute Gasteiger partial charge is 0.253 e. The van der Waals surface area contributed by atoms with Crippen LogP contribution in [-0.2, 0) is 13.0 Å². The molecular formula is C24H29BrN2O3. The molecule has 2 aliphatic heterocycles. The van der Waals surface area contributed by atoms with E-state index < -0.39 is 11.7 Å². The van der Waals surface area contributed by atoms with Crippen LogP contribution in [0.15, 0.2) is 6.07 Å². The fourth-order valence-corrected chi connectivity index (χ4v) is 8.31. The molecule has 0 radical (unpaired) electrons. The van der Waals surface area contributed by atoms with Gasteiger partial charge in [-0.1, -0.05) is 43.6 Å². The van der Waals surface area contributed by atoms with Gasteiger partial charge >= 0.3 is 0 Å². The average Bonchev–Trinajstić information content (AvgIpc) is 3.08. The molecule has 5 nitrogen and oxygen atoms in total. The van der Waals surface area contributed by atoms with Crippen LogP contribution in [0.25, 0.3) is 0 Å². The van der Waals surface area contributed by atoms with E-state index in [1.54, 1.807) is 0 Å². The lowest BCUT2D eigenvalue weighted by Crippen LogP contribution is -2.72. The fourth-order valence-electron chi connectivity index (χ4n) is 7.15. The molecule has 4 aliphatic rings. The molecule has 2 aliphatic carbocycles. The SMILES string of the molecule is C[C@H]1CC[C@H]2C(C)(C)[C@@H](O)[C@H](Br)C[C@]23Oc2c(cc(C#N)c4c2CNC4=O)C[C@]13C. The molecule has 160 valence electrons. The average molecular weight is 473 g/mol. The topological polar surface area (TPSA) is 82.3 Å². The second kappa shape index (κ2) is 6.23. The minimum absolute atomic E-state index is 0.0545. The summed E-state index contributed by atoms with van der Waals surface area (Å²) in [5.41, 5.74) is 1.94. The minimum atomic E-state index is -0.439. The molecular weight excluding hydrogens is 444 g/mol. The Bertz CT molecular complexity index is 999. The second-order valence-corrected chi connectivity index (χ2v) is 11.8. The maximum absolute atomic E-state index is 12.4. The lowest BCUT2D eigenvalue weighted by molar-refractivity contribution is -0.230. The minimum Gasteiger partial charge on any atom is -0.486 e. The van der Waals surface area contributed by atoms with Crippen LogP contribution in [0, 0.1) is 34.0 Å². The number of nitrogens with zero attached hydrogens (tertiary/aromatic N) is 1. The van der Waals surface area contributed by atoms with Gasteiger partial charge in [0.25, 0.3) is 5.91 Å². The fraction of sp³-hybridized carbons (Fsp3) is 0.667. The number of amides is 1. The normalized spacial score (nSPS) is 40.8. The third-order valence-corrected chi connectivity index (χ3v) is 9.90. The monoisotopic (exact) mass is 472 g/mol. The molecule has 0 aromatic heterocycles. The number of alkyl halides is 1. The standard InChI is InChI=1S/C24H29BrN2O3/c1-12-5-6-17-22(2,3)20(28)16(25)9-24(17)23(12,4)8-13-7-14(10-26)18-15(19(13)30-24)11-27-21(18)29/h7,12,16-17,20,28H,5-6,8-9,11H2,1-4H3,(H,27,29)/t12-,16+,17-,20-,23+,24-/m0/s1. The van der Waals surface area contributed by atoms with Crippen LogP contribution in [0.3, 0.4) is 0 Å². The number of aliphatic hydroxyl groups is 1. The van der Waals surface area contributed by atoms with Crippen molar-refractivity contribution in [1.29, 1.82) is 5.26 Å². The molecule has 1 aromatic rings. The van der Waals surface area contributed by atoms with E-state index in [0.29, 0.717) is 23.6 Å². The summed E-state index contributed by atoms with van der Waals surface area (Å²) in [5, 5.41) is 23.6. The van der Waals surface area contributed by atoms with E-state index in [1.165, 1.54) is 0 Å². The zero-order chi connectivity index (χ0) is 21.6. The van der Waals surface area contributed by atoms with Gasteiger partial charge in [-0.25, -0.2) is 0 Å². The molecule has 0 unspecified atom stereocenters. The number of benzene rings is 1. The predicted molar refractivity (Wildman–Crippen MR) is 117 cm³/mol. The van der Waals surface area contributed by atoms with Crippen LogP contribution in [0.5, 0.6) is 5.75 Å². The van der Waals surface area contributed by atoms with Crippen molar-refractivity contribution in [3.05, 3.63) is 28.3 Å². The molecule has 0 saturated heterocycles. The lowest BCUT2D eigenvalue weighted by Gasteiger charge is -2.67. The largest absolute Gasteiger partial charge is 0.486 e. The second-order valence-electron chi connectivity index (χ2n) is 10.7. The van der Waals surface area contributed by atoms with Crippen molar-refractivity contribution in [3.63, 3.8) is 0 Å². The first-order valence-corrected chi connectivity index (χ1v) is 11.9. The Morgan fingerprint density at radius 1 is 1.33 bits per heavy atom. The van der Waals surface area contributed by atoms with E-state index in [4.69, 9.17) is 4.74 Å². The number of hydrogen-bond acceptors (Lipinski definition) is 4. The molecule has 5 rings (SSSR count). The third kappa shape index (κ3) is 2.29. The number of halogens is 1. The molecule has 6 atom stereocenters. The Morgan fingerprint density at radius 3 is 2.77 bits per heavy atom. The zero-order valence-corrected chi connectivity index (χ0v) is 19.6. The Labute approximate surface area is 186 Å². The Balaban J connectivity index is 1.75. The van der Waals surface area contributed by atoms with Crippen LogP contribution in [0.1, 0.15) is 74.0 Å². The van der Waals surface area contributed by atoms with Gasteiger partial charge < -0.3 is 15.2 Å². The highest BCUT2D eigenvalue weighted by molar-refractivity contribution is 9.09. The summed E-state index contributed by atoms with van der Waals surface area (Å²) in [7, 11) is 0. The molecule has 2 fully saturated rings. The van der Waals surface area contributed by atoms with Gasteiger partial charge in [0, 0.05) is 34.7 Å². The summed E-state index contributed by atoms with van der Waals surface area (Å²) >= 11 is 3.79. The van der Waals surface area contributed by atoms with Crippen molar-refractivity contribution in [2.24, 2.45) is 22.7 Å².